The van der Waals surface area contributed by atoms with Gasteiger partial charge in [-0.3, -0.25) is 14.4 Å². The minimum absolute atomic E-state index is 0.0789. The molecule has 0 radical (unpaired) electrons. The second kappa shape index (κ2) is 54.0. The summed E-state index contributed by atoms with van der Waals surface area (Å²) in [5.41, 5.74) is 0. The number of carbonyl (C=O) groups is 3. The van der Waals surface area contributed by atoms with Gasteiger partial charge in [-0.1, -0.05) is 223 Å². The minimum atomic E-state index is -0.780. The van der Waals surface area contributed by atoms with Crippen molar-refractivity contribution in [2.45, 2.75) is 297 Å². The largest absolute Gasteiger partial charge is 0.462 e. The Bertz CT molecular complexity index is 1140. The van der Waals surface area contributed by atoms with Gasteiger partial charge in [-0.2, -0.15) is 0 Å². The van der Waals surface area contributed by atoms with Crippen LogP contribution >= 0.6 is 0 Å². The van der Waals surface area contributed by atoms with Crippen molar-refractivity contribution in [3.8, 4) is 0 Å². The molecule has 6 heteroatoms. The van der Waals surface area contributed by atoms with Crippen LogP contribution in [0.1, 0.15) is 290 Å². The van der Waals surface area contributed by atoms with Crippen LogP contribution < -0.4 is 0 Å². The first-order chi connectivity index (χ1) is 32.0. The molecule has 1 atom stereocenters. The SMILES string of the molecule is CCC/C=C\CCCCCCCC(=O)OCC(COC(=O)CCCCCCCCCCC/C=C\CCCCCCCC)OC(=O)CCCCCCCCC/C=C\C/C=C\CCCCCC. The van der Waals surface area contributed by atoms with Crippen molar-refractivity contribution < 1.29 is 28.6 Å². The Morgan fingerprint density at radius 2 is 0.585 bits per heavy atom. The van der Waals surface area contributed by atoms with Gasteiger partial charge in [-0.25, -0.2) is 0 Å². The molecule has 0 aromatic carbocycles. The summed E-state index contributed by atoms with van der Waals surface area (Å²) in [6.45, 7) is 6.57. The average Bonchev–Trinajstić information content (AvgIpc) is 3.30. The average molecular weight is 911 g/mol. The third-order valence-electron chi connectivity index (χ3n) is 12.3. The molecule has 0 aromatic heterocycles. The van der Waals surface area contributed by atoms with E-state index in [2.05, 4.69) is 69.4 Å². The number of hydrogen-bond acceptors (Lipinski definition) is 6. The minimum Gasteiger partial charge on any atom is -0.462 e. The van der Waals surface area contributed by atoms with Crippen LogP contribution in [0.3, 0.4) is 0 Å². The molecule has 0 bridgehead atoms. The summed E-state index contributed by atoms with van der Waals surface area (Å²) in [7, 11) is 0. The summed E-state index contributed by atoms with van der Waals surface area (Å²) in [5.74, 6) is -0.890. The fourth-order valence-corrected chi connectivity index (χ4v) is 8.00. The molecule has 0 aliphatic rings. The molecule has 1 unspecified atom stereocenters. The van der Waals surface area contributed by atoms with Crippen molar-refractivity contribution in [3.63, 3.8) is 0 Å². The van der Waals surface area contributed by atoms with E-state index in [4.69, 9.17) is 14.2 Å². The Morgan fingerprint density at radius 3 is 0.938 bits per heavy atom. The van der Waals surface area contributed by atoms with Gasteiger partial charge in [0.1, 0.15) is 13.2 Å². The maximum Gasteiger partial charge on any atom is 0.306 e. The predicted molar refractivity (Wildman–Crippen MR) is 279 cm³/mol. The van der Waals surface area contributed by atoms with Gasteiger partial charge in [0.15, 0.2) is 6.10 Å². The number of esters is 3. The Labute approximate surface area is 403 Å². The van der Waals surface area contributed by atoms with Gasteiger partial charge >= 0.3 is 17.9 Å². The molecule has 0 aliphatic heterocycles. The second-order valence-corrected chi connectivity index (χ2v) is 18.8. The Morgan fingerprint density at radius 1 is 0.308 bits per heavy atom. The van der Waals surface area contributed by atoms with Gasteiger partial charge < -0.3 is 14.2 Å². The molecule has 0 fully saturated rings. The fourth-order valence-electron chi connectivity index (χ4n) is 8.00. The highest BCUT2D eigenvalue weighted by molar-refractivity contribution is 5.71. The smallest absolute Gasteiger partial charge is 0.306 e. The zero-order valence-corrected chi connectivity index (χ0v) is 43.3. The van der Waals surface area contributed by atoms with Crippen molar-refractivity contribution in [1.82, 2.24) is 0 Å². The maximum absolute atomic E-state index is 12.8. The molecule has 0 saturated carbocycles. The Hall–Kier alpha value is -2.63. The van der Waals surface area contributed by atoms with Crippen molar-refractivity contribution in [1.29, 1.82) is 0 Å². The molecule has 0 amide bonds. The Balaban J connectivity index is 4.31. The van der Waals surface area contributed by atoms with Gasteiger partial charge in [0, 0.05) is 19.3 Å². The quantitative estimate of drug-likeness (QED) is 0.0262. The molecule has 378 valence electrons. The van der Waals surface area contributed by atoms with E-state index < -0.39 is 6.10 Å². The van der Waals surface area contributed by atoms with Crippen molar-refractivity contribution in [2.24, 2.45) is 0 Å². The fraction of sp³-hybridized carbons (Fsp3) is 0.814. The van der Waals surface area contributed by atoms with Crippen LogP contribution in [0, 0.1) is 0 Å². The van der Waals surface area contributed by atoms with Gasteiger partial charge in [-0.05, 0) is 96.3 Å². The molecule has 0 spiro atoms. The third kappa shape index (κ3) is 52.2. The van der Waals surface area contributed by atoms with Crippen LogP contribution in [0.15, 0.2) is 48.6 Å². The van der Waals surface area contributed by atoms with E-state index in [1.807, 2.05) is 0 Å². The number of allylic oxidation sites excluding steroid dienone is 8. The van der Waals surface area contributed by atoms with Gasteiger partial charge in [0.25, 0.3) is 0 Å². The van der Waals surface area contributed by atoms with E-state index in [0.717, 1.165) is 83.5 Å². The van der Waals surface area contributed by atoms with Crippen LogP contribution in [0.2, 0.25) is 0 Å². The van der Waals surface area contributed by atoms with E-state index in [-0.39, 0.29) is 31.1 Å². The highest BCUT2D eigenvalue weighted by Gasteiger charge is 2.19. The van der Waals surface area contributed by atoms with E-state index in [9.17, 15) is 14.4 Å². The molecule has 0 saturated heterocycles. The van der Waals surface area contributed by atoms with Gasteiger partial charge in [-0.15, -0.1) is 0 Å². The zero-order valence-electron chi connectivity index (χ0n) is 43.3. The lowest BCUT2D eigenvalue weighted by Crippen LogP contribution is -2.30. The van der Waals surface area contributed by atoms with E-state index >= 15 is 0 Å². The normalized spacial score (nSPS) is 12.4. The number of rotatable bonds is 51. The third-order valence-corrected chi connectivity index (χ3v) is 12.3. The summed E-state index contributed by atoms with van der Waals surface area (Å²) in [5, 5.41) is 0. The summed E-state index contributed by atoms with van der Waals surface area (Å²) in [6.07, 6.45) is 65.3. The number of carbonyl (C=O) groups excluding carboxylic acids is 3. The summed E-state index contributed by atoms with van der Waals surface area (Å²) in [6, 6.07) is 0. The Kier molecular flexibility index (Phi) is 51.8. The molecule has 65 heavy (non-hydrogen) atoms. The molecule has 0 aromatic rings. The lowest BCUT2D eigenvalue weighted by molar-refractivity contribution is -0.167. The van der Waals surface area contributed by atoms with E-state index in [0.29, 0.717) is 19.3 Å². The first kappa shape index (κ1) is 62.4. The molecule has 0 heterocycles. The van der Waals surface area contributed by atoms with Gasteiger partial charge in [0.05, 0.1) is 0 Å². The molecule has 0 rings (SSSR count). The van der Waals surface area contributed by atoms with Crippen LogP contribution in [0.5, 0.6) is 0 Å². The highest BCUT2D eigenvalue weighted by atomic mass is 16.6. The van der Waals surface area contributed by atoms with Crippen LogP contribution in [0.4, 0.5) is 0 Å². The predicted octanol–water partition coefficient (Wildman–Crippen LogP) is 18.7. The van der Waals surface area contributed by atoms with E-state index in [1.165, 1.54) is 167 Å². The molecule has 0 aliphatic carbocycles. The highest BCUT2D eigenvalue weighted by Crippen LogP contribution is 2.15. The van der Waals surface area contributed by atoms with Crippen LogP contribution in [-0.4, -0.2) is 37.2 Å². The van der Waals surface area contributed by atoms with Crippen molar-refractivity contribution in [3.05, 3.63) is 48.6 Å². The first-order valence-corrected chi connectivity index (χ1v) is 28.1. The van der Waals surface area contributed by atoms with Crippen molar-refractivity contribution >= 4 is 17.9 Å². The lowest BCUT2D eigenvalue weighted by Gasteiger charge is -2.18. The maximum atomic E-state index is 12.8. The first-order valence-electron chi connectivity index (χ1n) is 28.1. The molecular formula is C59H106O6. The van der Waals surface area contributed by atoms with E-state index in [1.54, 1.807) is 0 Å². The summed E-state index contributed by atoms with van der Waals surface area (Å²) < 4.78 is 16.8. The zero-order chi connectivity index (χ0) is 47.2. The standard InChI is InChI=1S/C59H106O6/c1-4-7-10-13-16-19-22-24-26-28-30-32-33-35-37-40-43-46-49-52-58(61)64-55-56(54-63-57(60)51-48-45-42-39-21-18-15-12-9-6-3)65-59(62)53-50-47-44-41-38-36-34-31-29-27-25-23-20-17-14-11-8-5-2/h12,15,20,23-24,26-27,29,56H,4-11,13-14,16-19,21-22,25,28,30-55H2,1-3H3/b15-12-,23-20-,26-24-,29-27-. The summed E-state index contributed by atoms with van der Waals surface area (Å²) in [4.78, 5) is 38.0. The molecule has 0 N–H and O–H groups in total. The number of unbranched alkanes of at least 4 members (excludes halogenated alkanes) is 32. The topological polar surface area (TPSA) is 78.9 Å². The number of ether oxygens (including phenoxy) is 3. The second-order valence-electron chi connectivity index (χ2n) is 18.8. The number of hydrogen-bond donors (Lipinski definition) is 0. The molecular weight excluding hydrogens is 805 g/mol. The molecule has 6 nitrogen and oxygen atoms in total. The van der Waals surface area contributed by atoms with Crippen molar-refractivity contribution in [2.75, 3.05) is 13.2 Å². The lowest BCUT2D eigenvalue weighted by atomic mass is 10.1. The van der Waals surface area contributed by atoms with Gasteiger partial charge in [0.2, 0.25) is 0 Å². The monoisotopic (exact) mass is 911 g/mol. The van der Waals surface area contributed by atoms with Crippen LogP contribution in [-0.2, 0) is 28.6 Å². The summed E-state index contributed by atoms with van der Waals surface area (Å²) >= 11 is 0. The van der Waals surface area contributed by atoms with Crippen LogP contribution in [0.25, 0.3) is 0 Å².